The Kier molecular flexibility index (Phi) is 5.74. The first-order chi connectivity index (χ1) is 13.5. The molecule has 2 amide bonds. The summed E-state index contributed by atoms with van der Waals surface area (Å²) in [6.45, 7) is 3.97. The second-order valence-electron chi connectivity index (χ2n) is 6.54. The Hall–Kier alpha value is -3.61. The molecule has 0 spiro atoms. The fourth-order valence-electron chi connectivity index (χ4n) is 2.82. The van der Waals surface area contributed by atoms with Crippen molar-refractivity contribution in [2.45, 2.75) is 19.8 Å². The third-order valence-corrected chi connectivity index (χ3v) is 4.22. The number of para-hydroxylation sites is 1. The summed E-state index contributed by atoms with van der Waals surface area (Å²) in [7, 11) is 1.52. The SMILES string of the molecule is COc1ccccc1C(=O)Nc1cccc(NC(=O)c2cn[nH]c2C(C)C)c1. The van der Waals surface area contributed by atoms with Gasteiger partial charge >= 0.3 is 0 Å². The van der Waals surface area contributed by atoms with E-state index < -0.39 is 0 Å². The van der Waals surface area contributed by atoms with Crippen molar-refractivity contribution in [1.82, 2.24) is 10.2 Å². The zero-order valence-corrected chi connectivity index (χ0v) is 15.9. The minimum atomic E-state index is -0.294. The number of anilines is 2. The molecule has 0 fully saturated rings. The van der Waals surface area contributed by atoms with Gasteiger partial charge in [0.15, 0.2) is 0 Å². The van der Waals surface area contributed by atoms with Gasteiger partial charge in [-0.3, -0.25) is 14.7 Å². The Morgan fingerprint density at radius 1 is 0.964 bits per heavy atom. The fourth-order valence-corrected chi connectivity index (χ4v) is 2.82. The number of carbonyl (C=O) groups excluding carboxylic acids is 2. The summed E-state index contributed by atoms with van der Waals surface area (Å²) in [6.07, 6.45) is 1.51. The van der Waals surface area contributed by atoms with Crippen LogP contribution in [0.3, 0.4) is 0 Å². The van der Waals surface area contributed by atoms with Gasteiger partial charge in [0.1, 0.15) is 5.75 Å². The van der Waals surface area contributed by atoms with E-state index in [0.717, 1.165) is 5.69 Å². The van der Waals surface area contributed by atoms with Crippen molar-refractivity contribution < 1.29 is 14.3 Å². The molecule has 7 heteroatoms. The lowest BCUT2D eigenvalue weighted by Gasteiger charge is -2.11. The Morgan fingerprint density at radius 2 is 1.61 bits per heavy atom. The van der Waals surface area contributed by atoms with E-state index in [-0.39, 0.29) is 17.7 Å². The molecular weight excluding hydrogens is 356 g/mol. The van der Waals surface area contributed by atoms with Crippen LogP contribution in [0.5, 0.6) is 5.75 Å². The lowest BCUT2D eigenvalue weighted by Crippen LogP contribution is -2.15. The van der Waals surface area contributed by atoms with Gasteiger partial charge in [-0.2, -0.15) is 5.10 Å². The molecule has 1 heterocycles. The first kappa shape index (κ1) is 19.2. The van der Waals surface area contributed by atoms with Gasteiger partial charge in [0.2, 0.25) is 0 Å². The molecule has 3 rings (SSSR count). The van der Waals surface area contributed by atoms with Crippen molar-refractivity contribution in [3.05, 3.63) is 71.5 Å². The van der Waals surface area contributed by atoms with Crippen LogP contribution < -0.4 is 15.4 Å². The summed E-state index contributed by atoms with van der Waals surface area (Å²) in [5, 5.41) is 12.5. The van der Waals surface area contributed by atoms with Crippen LogP contribution in [-0.4, -0.2) is 29.1 Å². The monoisotopic (exact) mass is 378 g/mol. The number of benzene rings is 2. The molecule has 7 nitrogen and oxygen atoms in total. The zero-order valence-electron chi connectivity index (χ0n) is 15.9. The zero-order chi connectivity index (χ0) is 20.1. The highest BCUT2D eigenvalue weighted by Crippen LogP contribution is 2.22. The maximum Gasteiger partial charge on any atom is 0.259 e. The summed E-state index contributed by atoms with van der Waals surface area (Å²) < 4.78 is 5.23. The molecule has 0 aliphatic carbocycles. The molecule has 0 radical (unpaired) electrons. The van der Waals surface area contributed by atoms with Crippen LogP contribution in [0, 0.1) is 0 Å². The van der Waals surface area contributed by atoms with E-state index in [1.54, 1.807) is 48.5 Å². The minimum absolute atomic E-state index is 0.148. The van der Waals surface area contributed by atoms with Gasteiger partial charge in [-0.25, -0.2) is 0 Å². The lowest BCUT2D eigenvalue weighted by molar-refractivity contribution is 0.101. The predicted octanol–water partition coefficient (Wildman–Crippen LogP) is 4.05. The molecule has 0 bridgehead atoms. The minimum Gasteiger partial charge on any atom is -0.496 e. The van der Waals surface area contributed by atoms with E-state index in [9.17, 15) is 9.59 Å². The van der Waals surface area contributed by atoms with Crippen molar-refractivity contribution in [2.75, 3.05) is 17.7 Å². The Labute approximate surface area is 163 Å². The van der Waals surface area contributed by atoms with Crippen LogP contribution in [0.25, 0.3) is 0 Å². The van der Waals surface area contributed by atoms with Crippen molar-refractivity contribution in [3.63, 3.8) is 0 Å². The van der Waals surface area contributed by atoms with Crippen molar-refractivity contribution in [2.24, 2.45) is 0 Å². The summed E-state index contributed by atoms with van der Waals surface area (Å²) in [6, 6.07) is 13.9. The van der Waals surface area contributed by atoms with Crippen LogP contribution >= 0.6 is 0 Å². The van der Waals surface area contributed by atoms with E-state index in [4.69, 9.17) is 4.74 Å². The number of H-pyrrole nitrogens is 1. The Morgan fingerprint density at radius 3 is 2.25 bits per heavy atom. The average Bonchev–Trinajstić information content (AvgIpc) is 3.18. The van der Waals surface area contributed by atoms with Crippen LogP contribution in [0.2, 0.25) is 0 Å². The normalized spacial score (nSPS) is 10.6. The maximum absolute atomic E-state index is 12.6. The number of ether oxygens (including phenoxy) is 1. The number of nitrogens with one attached hydrogen (secondary N) is 3. The fraction of sp³-hybridized carbons (Fsp3) is 0.190. The number of rotatable bonds is 6. The predicted molar refractivity (Wildman–Crippen MR) is 108 cm³/mol. The smallest absolute Gasteiger partial charge is 0.259 e. The van der Waals surface area contributed by atoms with Gasteiger partial charge in [0.25, 0.3) is 11.8 Å². The second-order valence-corrected chi connectivity index (χ2v) is 6.54. The molecule has 3 aromatic rings. The molecular formula is C21H22N4O3. The number of nitrogens with zero attached hydrogens (tertiary/aromatic N) is 1. The van der Waals surface area contributed by atoms with E-state index in [1.165, 1.54) is 13.3 Å². The molecule has 0 atom stereocenters. The summed E-state index contributed by atoms with van der Waals surface area (Å²) in [5.74, 6) is 0.0869. The third-order valence-electron chi connectivity index (χ3n) is 4.22. The Bertz CT molecular complexity index is 995. The standard InChI is InChI=1S/C21H22N4O3/c1-13(2)19-17(12-22-25-19)21(27)24-15-8-6-7-14(11-15)23-20(26)16-9-4-5-10-18(16)28-3/h4-13H,1-3H3,(H,22,25)(H,23,26)(H,24,27). The quantitative estimate of drug-likeness (QED) is 0.603. The van der Waals surface area contributed by atoms with Gasteiger partial charge in [-0.05, 0) is 36.2 Å². The van der Waals surface area contributed by atoms with Gasteiger partial charge in [-0.1, -0.05) is 32.0 Å². The largest absolute Gasteiger partial charge is 0.496 e. The molecule has 144 valence electrons. The van der Waals surface area contributed by atoms with Crippen LogP contribution in [0.15, 0.2) is 54.7 Å². The van der Waals surface area contributed by atoms with Gasteiger partial charge in [0.05, 0.1) is 30.1 Å². The third kappa shape index (κ3) is 4.20. The van der Waals surface area contributed by atoms with Crippen LogP contribution in [-0.2, 0) is 0 Å². The average molecular weight is 378 g/mol. The van der Waals surface area contributed by atoms with Crippen molar-refractivity contribution in [1.29, 1.82) is 0 Å². The lowest BCUT2D eigenvalue weighted by atomic mass is 10.1. The van der Waals surface area contributed by atoms with Crippen molar-refractivity contribution >= 4 is 23.2 Å². The maximum atomic E-state index is 12.6. The number of carbonyl (C=O) groups is 2. The topological polar surface area (TPSA) is 96.1 Å². The molecule has 0 aliphatic rings. The molecule has 0 aliphatic heterocycles. The van der Waals surface area contributed by atoms with Crippen LogP contribution in [0.4, 0.5) is 11.4 Å². The van der Waals surface area contributed by atoms with Crippen molar-refractivity contribution in [3.8, 4) is 5.75 Å². The van der Waals surface area contributed by atoms with E-state index in [2.05, 4.69) is 20.8 Å². The molecule has 0 saturated heterocycles. The molecule has 0 saturated carbocycles. The number of aromatic amines is 1. The van der Waals surface area contributed by atoms with E-state index in [1.807, 2.05) is 13.8 Å². The molecule has 0 unspecified atom stereocenters. The first-order valence-corrected chi connectivity index (χ1v) is 8.88. The highest BCUT2D eigenvalue weighted by Gasteiger charge is 2.17. The number of aromatic nitrogens is 2. The van der Waals surface area contributed by atoms with Gasteiger partial charge in [-0.15, -0.1) is 0 Å². The summed E-state index contributed by atoms with van der Waals surface area (Å²) >= 11 is 0. The van der Waals surface area contributed by atoms with Gasteiger partial charge in [0, 0.05) is 11.4 Å². The van der Waals surface area contributed by atoms with E-state index >= 15 is 0 Å². The number of methoxy groups -OCH3 is 1. The van der Waals surface area contributed by atoms with E-state index in [0.29, 0.717) is 28.3 Å². The molecule has 2 aromatic carbocycles. The molecule has 3 N–H and O–H groups in total. The highest BCUT2D eigenvalue weighted by molar-refractivity contribution is 6.07. The number of hydrogen-bond acceptors (Lipinski definition) is 4. The number of hydrogen-bond donors (Lipinski definition) is 3. The molecule has 1 aromatic heterocycles. The van der Waals surface area contributed by atoms with Crippen LogP contribution in [0.1, 0.15) is 46.2 Å². The van der Waals surface area contributed by atoms with Gasteiger partial charge < -0.3 is 15.4 Å². The second kappa shape index (κ2) is 8.39. The highest BCUT2D eigenvalue weighted by atomic mass is 16.5. The Balaban J connectivity index is 1.74. The first-order valence-electron chi connectivity index (χ1n) is 8.88. The summed E-state index contributed by atoms with van der Waals surface area (Å²) in [4.78, 5) is 25.1. The number of amides is 2. The summed E-state index contributed by atoms with van der Waals surface area (Å²) in [5.41, 5.74) is 2.83. The molecule has 28 heavy (non-hydrogen) atoms.